The van der Waals surface area contributed by atoms with Crippen LogP contribution in [0.3, 0.4) is 0 Å². The molecule has 0 bridgehead atoms. The van der Waals surface area contributed by atoms with Crippen LogP contribution in [0.5, 0.6) is 0 Å². The van der Waals surface area contributed by atoms with Gasteiger partial charge in [-0.2, -0.15) is 0 Å². The molecule has 1 N–H and O–H groups in total. The Morgan fingerprint density at radius 1 is 1.22 bits per heavy atom. The van der Waals surface area contributed by atoms with E-state index in [0.717, 1.165) is 11.0 Å². The van der Waals surface area contributed by atoms with E-state index in [9.17, 15) is 0 Å². The predicted molar refractivity (Wildman–Crippen MR) is 78.7 cm³/mol. The molecule has 1 aromatic rings. The Labute approximate surface area is 118 Å². The Morgan fingerprint density at radius 3 is 2.61 bits per heavy atom. The summed E-state index contributed by atoms with van der Waals surface area (Å²) in [5.41, 5.74) is 1.28. The summed E-state index contributed by atoms with van der Waals surface area (Å²) in [6.07, 6.45) is 6.29. The van der Waals surface area contributed by atoms with Crippen molar-refractivity contribution in [3.63, 3.8) is 0 Å². The Hall–Kier alpha value is -0.380. The molecule has 3 heteroatoms. The highest BCUT2D eigenvalue weighted by Gasteiger charge is 2.32. The topological polar surface area (TPSA) is 21.3 Å². The average molecular weight is 312 g/mol. The molecule has 1 aliphatic carbocycles. The van der Waals surface area contributed by atoms with E-state index < -0.39 is 0 Å². The van der Waals surface area contributed by atoms with Crippen LogP contribution in [0.1, 0.15) is 37.7 Å². The van der Waals surface area contributed by atoms with Gasteiger partial charge in [-0.25, -0.2) is 0 Å². The first-order chi connectivity index (χ1) is 8.76. The molecule has 0 unspecified atom stereocenters. The van der Waals surface area contributed by atoms with Crippen molar-refractivity contribution in [1.82, 2.24) is 5.32 Å². The average Bonchev–Trinajstić information content (AvgIpc) is 2.39. The van der Waals surface area contributed by atoms with E-state index in [0.29, 0.717) is 6.61 Å². The first-order valence-electron chi connectivity index (χ1n) is 6.78. The minimum atomic E-state index is 0.0439. The van der Waals surface area contributed by atoms with Crippen molar-refractivity contribution < 1.29 is 4.74 Å². The molecule has 0 heterocycles. The quantitative estimate of drug-likeness (QED) is 0.890. The van der Waals surface area contributed by atoms with Gasteiger partial charge in [0.25, 0.3) is 0 Å². The van der Waals surface area contributed by atoms with Gasteiger partial charge in [0, 0.05) is 11.0 Å². The molecule has 0 aliphatic heterocycles. The van der Waals surface area contributed by atoms with Crippen LogP contribution in [0.2, 0.25) is 0 Å². The van der Waals surface area contributed by atoms with Crippen LogP contribution in [0.15, 0.2) is 28.7 Å². The third-order valence-electron chi connectivity index (χ3n) is 3.76. The van der Waals surface area contributed by atoms with E-state index in [4.69, 9.17) is 4.74 Å². The first-order valence-corrected chi connectivity index (χ1v) is 7.57. The highest BCUT2D eigenvalue weighted by molar-refractivity contribution is 9.10. The summed E-state index contributed by atoms with van der Waals surface area (Å²) >= 11 is 3.58. The summed E-state index contributed by atoms with van der Waals surface area (Å²) in [5, 5.41) is 3.29. The van der Waals surface area contributed by atoms with Gasteiger partial charge in [-0.05, 0) is 31.5 Å². The minimum Gasteiger partial charge on any atom is -0.369 e. The van der Waals surface area contributed by atoms with Crippen molar-refractivity contribution in [3.05, 3.63) is 34.3 Å². The second kappa shape index (κ2) is 6.69. The third kappa shape index (κ3) is 3.56. The maximum absolute atomic E-state index is 6.29. The zero-order valence-corrected chi connectivity index (χ0v) is 12.6. The molecule has 0 spiro atoms. The lowest BCUT2D eigenvalue weighted by Crippen LogP contribution is -2.43. The van der Waals surface area contributed by atoms with Crippen molar-refractivity contribution in [3.8, 4) is 0 Å². The fourth-order valence-corrected chi connectivity index (χ4v) is 3.14. The summed E-state index contributed by atoms with van der Waals surface area (Å²) < 4.78 is 7.42. The van der Waals surface area contributed by atoms with E-state index in [1.165, 1.54) is 37.7 Å². The third-order valence-corrected chi connectivity index (χ3v) is 4.53. The fourth-order valence-electron chi connectivity index (χ4n) is 2.74. The molecule has 0 atom stereocenters. The number of likely N-dealkylation sites (N-methyl/N-ethyl adjacent to an activating group) is 1. The second-order valence-corrected chi connectivity index (χ2v) is 6.01. The predicted octanol–water partition coefficient (Wildman–Crippen LogP) is 3.89. The summed E-state index contributed by atoms with van der Waals surface area (Å²) in [7, 11) is 2.01. The van der Waals surface area contributed by atoms with Crippen molar-refractivity contribution in [2.24, 2.45) is 0 Å². The number of hydrogen-bond donors (Lipinski definition) is 1. The molecule has 1 saturated carbocycles. The van der Waals surface area contributed by atoms with Gasteiger partial charge in [-0.3, -0.25) is 0 Å². The van der Waals surface area contributed by atoms with Crippen LogP contribution in [0, 0.1) is 0 Å². The number of rotatable bonds is 5. The summed E-state index contributed by atoms with van der Waals surface area (Å²) in [4.78, 5) is 0. The maximum Gasteiger partial charge on any atom is 0.0810 e. The van der Waals surface area contributed by atoms with Crippen LogP contribution in [0.4, 0.5) is 0 Å². The molecular formula is C15H22BrNO. The minimum absolute atomic E-state index is 0.0439. The smallest absolute Gasteiger partial charge is 0.0810 e. The van der Waals surface area contributed by atoms with Crippen LogP contribution in [-0.4, -0.2) is 19.2 Å². The molecule has 100 valence electrons. The van der Waals surface area contributed by atoms with E-state index >= 15 is 0 Å². The molecule has 18 heavy (non-hydrogen) atoms. The lowest BCUT2D eigenvalue weighted by molar-refractivity contribution is -0.0777. The number of hydrogen-bond acceptors (Lipinski definition) is 2. The summed E-state index contributed by atoms with van der Waals surface area (Å²) in [5.74, 6) is 0. The number of halogens is 1. The lowest BCUT2D eigenvalue weighted by atomic mass is 9.84. The molecule has 0 aromatic heterocycles. The van der Waals surface area contributed by atoms with Gasteiger partial charge in [0.2, 0.25) is 0 Å². The van der Waals surface area contributed by atoms with E-state index in [1.54, 1.807) is 0 Å². The SMILES string of the molecule is CNCC1(OCc2ccccc2Br)CCCCC1. The standard InChI is InChI=1S/C15H22BrNO/c1-17-12-15(9-5-2-6-10-15)18-11-13-7-3-4-8-14(13)16/h3-4,7-8,17H,2,5-6,9-12H2,1H3. The second-order valence-electron chi connectivity index (χ2n) is 5.15. The van der Waals surface area contributed by atoms with Crippen LogP contribution in [0.25, 0.3) is 0 Å². The summed E-state index contributed by atoms with van der Waals surface area (Å²) in [6, 6.07) is 8.30. The zero-order valence-electron chi connectivity index (χ0n) is 11.0. The molecular weight excluding hydrogens is 290 g/mol. The van der Waals surface area contributed by atoms with E-state index in [2.05, 4.69) is 39.4 Å². The van der Waals surface area contributed by atoms with Gasteiger partial charge in [0.15, 0.2) is 0 Å². The monoisotopic (exact) mass is 311 g/mol. The van der Waals surface area contributed by atoms with Gasteiger partial charge < -0.3 is 10.1 Å². The van der Waals surface area contributed by atoms with Crippen LogP contribution in [-0.2, 0) is 11.3 Å². The van der Waals surface area contributed by atoms with Crippen molar-refractivity contribution in [2.75, 3.05) is 13.6 Å². The molecule has 2 rings (SSSR count). The highest BCUT2D eigenvalue weighted by atomic mass is 79.9. The molecule has 1 aromatic carbocycles. The Morgan fingerprint density at radius 2 is 1.94 bits per heavy atom. The largest absolute Gasteiger partial charge is 0.369 e. The molecule has 2 nitrogen and oxygen atoms in total. The lowest BCUT2D eigenvalue weighted by Gasteiger charge is -2.37. The van der Waals surface area contributed by atoms with E-state index in [-0.39, 0.29) is 5.60 Å². The molecule has 0 radical (unpaired) electrons. The van der Waals surface area contributed by atoms with Gasteiger partial charge in [0.05, 0.1) is 12.2 Å². The summed E-state index contributed by atoms with van der Waals surface area (Å²) in [6.45, 7) is 1.65. The van der Waals surface area contributed by atoms with Crippen LogP contribution < -0.4 is 5.32 Å². The Kier molecular flexibility index (Phi) is 5.22. The number of benzene rings is 1. The number of ether oxygens (including phenoxy) is 1. The van der Waals surface area contributed by atoms with E-state index in [1.807, 2.05) is 13.1 Å². The molecule has 1 aliphatic rings. The zero-order chi connectivity index (χ0) is 12.8. The Balaban J connectivity index is 1.99. The normalized spacial score (nSPS) is 18.8. The number of nitrogens with one attached hydrogen (secondary N) is 1. The van der Waals surface area contributed by atoms with Crippen molar-refractivity contribution >= 4 is 15.9 Å². The fraction of sp³-hybridized carbons (Fsp3) is 0.600. The van der Waals surface area contributed by atoms with Gasteiger partial charge in [0.1, 0.15) is 0 Å². The van der Waals surface area contributed by atoms with Gasteiger partial charge >= 0.3 is 0 Å². The highest BCUT2D eigenvalue weighted by Crippen LogP contribution is 2.32. The molecule has 1 fully saturated rings. The van der Waals surface area contributed by atoms with Crippen LogP contribution >= 0.6 is 15.9 Å². The molecule has 0 amide bonds. The van der Waals surface area contributed by atoms with Gasteiger partial charge in [-0.1, -0.05) is 53.4 Å². The maximum atomic E-state index is 6.29. The Bertz CT molecular complexity index is 369. The first kappa shape index (κ1) is 14.0. The molecule has 0 saturated heterocycles. The van der Waals surface area contributed by atoms with Crippen molar-refractivity contribution in [1.29, 1.82) is 0 Å². The van der Waals surface area contributed by atoms with Crippen molar-refractivity contribution in [2.45, 2.75) is 44.3 Å². The van der Waals surface area contributed by atoms with Gasteiger partial charge in [-0.15, -0.1) is 0 Å².